The quantitative estimate of drug-likeness (QED) is 0.626. The van der Waals surface area contributed by atoms with E-state index in [0.717, 1.165) is 50.7 Å². The number of esters is 1. The minimum Gasteiger partial charge on any atom is -0.458 e. The Morgan fingerprint density at radius 3 is 2.40 bits per heavy atom. The molecule has 2 bridgehead atoms. The van der Waals surface area contributed by atoms with Crippen LogP contribution in [-0.2, 0) is 19.6 Å². The fourth-order valence-corrected chi connectivity index (χ4v) is 7.99. The molecule has 0 amide bonds. The van der Waals surface area contributed by atoms with Gasteiger partial charge in [-0.3, -0.25) is 4.99 Å². The van der Waals surface area contributed by atoms with Crippen LogP contribution in [0.15, 0.2) is 4.99 Å². The Bertz CT molecular complexity index is 791. The highest BCUT2D eigenvalue weighted by atomic mass is 32.2. The minimum atomic E-state index is -3.44. The molecule has 30 heavy (non-hydrogen) atoms. The minimum absolute atomic E-state index is 0.0583. The molecule has 0 aromatic rings. The van der Waals surface area contributed by atoms with Crippen molar-refractivity contribution in [1.29, 1.82) is 0 Å². The smallest absolute Gasteiger partial charge is 0.331 e. The van der Waals surface area contributed by atoms with Crippen LogP contribution >= 0.6 is 0 Å². The van der Waals surface area contributed by atoms with E-state index in [9.17, 15) is 13.2 Å². The lowest BCUT2D eigenvalue weighted by Gasteiger charge is -2.39. The third-order valence-corrected chi connectivity index (χ3v) is 9.22. The van der Waals surface area contributed by atoms with Gasteiger partial charge in [0.25, 0.3) is 0 Å². The van der Waals surface area contributed by atoms with Crippen molar-refractivity contribution in [3.8, 4) is 0 Å². The number of nitrogens with zero attached hydrogens (tertiary/aromatic N) is 1. The normalized spacial score (nSPS) is 31.8. The van der Waals surface area contributed by atoms with Crippen molar-refractivity contribution in [1.82, 2.24) is 4.72 Å². The van der Waals surface area contributed by atoms with E-state index in [0.29, 0.717) is 5.92 Å². The molecule has 3 atom stereocenters. The van der Waals surface area contributed by atoms with Gasteiger partial charge in [0.15, 0.2) is 0 Å². The molecule has 172 valence electrons. The van der Waals surface area contributed by atoms with Crippen LogP contribution in [0.4, 0.5) is 0 Å². The van der Waals surface area contributed by atoms with Crippen molar-refractivity contribution in [3.63, 3.8) is 0 Å². The van der Waals surface area contributed by atoms with Gasteiger partial charge in [-0.15, -0.1) is 0 Å². The first-order chi connectivity index (χ1) is 13.8. The summed E-state index contributed by atoms with van der Waals surface area (Å²) in [5.41, 5.74) is -0.323. The number of carbonyl (C=O) groups is 1. The average molecular weight is 441 g/mol. The zero-order chi connectivity index (χ0) is 22.4. The SMILES string of the molecule is C[C@H](N=C1C[C@H]2CC[C@]1(CS(=O)(=O)NC1CCCCC1)C2(C)C)C(=O)OC(C)(C)C. The molecule has 0 spiro atoms. The molecule has 6 nitrogen and oxygen atoms in total. The summed E-state index contributed by atoms with van der Waals surface area (Å²) in [5, 5.41) is 0. The summed E-state index contributed by atoms with van der Waals surface area (Å²) < 4.78 is 34.9. The van der Waals surface area contributed by atoms with Crippen LogP contribution in [-0.4, -0.2) is 43.5 Å². The van der Waals surface area contributed by atoms with E-state index in [4.69, 9.17) is 9.73 Å². The van der Waals surface area contributed by atoms with Gasteiger partial charge in [-0.2, -0.15) is 0 Å². The summed E-state index contributed by atoms with van der Waals surface area (Å²) in [4.78, 5) is 17.3. The predicted molar refractivity (Wildman–Crippen MR) is 120 cm³/mol. The molecule has 0 radical (unpaired) electrons. The van der Waals surface area contributed by atoms with Crippen LogP contribution in [0, 0.1) is 16.7 Å². The molecule has 0 unspecified atom stereocenters. The Kier molecular flexibility index (Phi) is 6.47. The third-order valence-electron chi connectivity index (χ3n) is 7.65. The monoisotopic (exact) mass is 440 g/mol. The maximum absolute atomic E-state index is 13.2. The Morgan fingerprint density at radius 2 is 1.83 bits per heavy atom. The maximum Gasteiger partial charge on any atom is 0.331 e. The molecule has 0 saturated heterocycles. The van der Waals surface area contributed by atoms with Crippen molar-refractivity contribution in [2.24, 2.45) is 21.7 Å². The van der Waals surface area contributed by atoms with E-state index in [-0.39, 0.29) is 23.2 Å². The number of hydrogen-bond acceptors (Lipinski definition) is 5. The Balaban J connectivity index is 1.83. The second-order valence-electron chi connectivity index (χ2n) is 11.2. The van der Waals surface area contributed by atoms with Gasteiger partial charge >= 0.3 is 5.97 Å². The summed E-state index contributed by atoms with van der Waals surface area (Å²) in [6, 6.07) is -0.566. The third kappa shape index (κ3) is 4.77. The van der Waals surface area contributed by atoms with Crippen molar-refractivity contribution < 1.29 is 17.9 Å². The summed E-state index contributed by atoms with van der Waals surface area (Å²) >= 11 is 0. The van der Waals surface area contributed by atoms with E-state index in [1.54, 1.807) is 6.92 Å². The number of ether oxygens (including phenoxy) is 1. The second kappa shape index (κ2) is 8.19. The van der Waals surface area contributed by atoms with Crippen molar-refractivity contribution in [2.75, 3.05) is 5.75 Å². The average Bonchev–Trinajstić information content (AvgIpc) is 2.95. The molecule has 1 N–H and O–H groups in total. The summed E-state index contributed by atoms with van der Waals surface area (Å²) in [6.07, 6.45) is 7.83. The van der Waals surface area contributed by atoms with Crippen LogP contribution in [0.5, 0.6) is 0 Å². The molecule has 3 aliphatic carbocycles. The number of fused-ring (bicyclic) bond motifs is 2. The maximum atomic E-state index is 13.2. The summed E-state index contributed by atoms with van der Waals surface area (Å²) in [5.74, 6) is 0.126. The topological polar surface area (TPSA) is 84.8 Å². The van der Waals surface area contributed by atoms with E-state index >= 15 is 0 Å². The number of nitrogens with one attached hydrogen (secondary N) is 1. The van der Waals surface area contributed by atoms with Crippen molar-refractivity contribution in [3.05, 3.63) is 0 Å². The van der Waals surface area contributed by atoms with Crippen molar-refractivity contribution in [2.45, 2.75) is 111 Å². The molecule has 3 rings (SSSR count). The number of sulfonamides is 1. The van der Waals surface area contributed by atoms with Gasteiger partial charge in [0.2, 0.25) is 10.0 Å². The summed E-state index contributed by atoms with van der Waals surface area (Å²) in [7, 11) is -3.44. The summed E-state index contributed by atoms with van der Waals surface area (Å²) in [6.45, 7) is 11.6. The highest BCUT2D eigenvalue weighted by Gasteiger charge is 2.64. The van der Waals surface area contributed by atoms with Crippen LogP contribution in [0.25, 0.3) is 0 Å². The van der Waals surface area contributed by atoms with Gasteiger partial charge < -0.3 is 4.74 Å². The van der Waals surface area contributed by atoms with Crippen LogP contribution in [0.3, 0.4) is 0 Å². The van der Waals surface area contributed by atoms with Gasteiger partial charge in [0.1, 0.15) is 11.6 Å². The van der Waals surface area contributed by atoms with Gasteiger partial charge in [-0.25, -0.2) is 17.9 Å². The second-order valence-corrected chi connectivity index (χ2v) is 13.0. The van der Waals surface area contributed by atoms with Gasteiger partial charge in [-0.05, 0) is 71.1 Å². The van der Waals surface area contributed by atoms with E-state index in [1.165, 1.54) is 6.42 Å². The molecule has 0 aliphatic heterocycles. The Hall–Kier alpha value is -0.950. The van der Waals surface area contributed by atoms with Gasteiger partial charge in [-0.1, -0.05) is 33.1 Å². The molecule has 3 fully saturated rings. The van der Waals surface area contributed by atoms with E-state index in [1.807, 2.05) is 20.8 Å². The van der Waals surface area contributed by atoms with Crippen LogP contribution in [0.2, 0.25) is 0 Å². The molecule has 3 aliphatic rings. The fraction of sp³-hybridized carbons (Fsp3) is 0.913. The Morgan fingerprint density at radius 1 is 1.20 bits per heavy atom. The lowest BCUT2D eigenvalue weighted by Crippen LogP contribution is -2.48. The van der Waals surface area contributed by atoms with Gasteiger partial charge in [0.05, 0.1) is 5.75 Å². The highest BCUT2D eigenvalue weighted by molar-refractivity contribution is 7.89. The van der Waals surface area contributed by atoms with E-state index < -0.39 is 27.1 Å². The number of rotatable bonds is 6. The molecular weight excluding hydrogens is 400 g/mol. The highest BCUT2D eigenvalue weighted by Crippen LogP contribution is 2.64. The molecule has 0 aromatic heterocycles. The largest absolute Gasteiger partial charge is 0.458 e. The first-order valence-corrected chi connectivity index (χ1v) is 13.2. The zero-order valence-electron chi connectivity index (χ0n) is 19.6. The standard InChI is InChI=1S/C23H40N2O4S/c1-16(20(26)29-21(2,3)4)24-19-14-17-12-13-23(19,22(17,5)6)15-30(27,28)25-18-10-8-7-9-11-18/h16-18,25H,7-15H2,1-6H3/t16-,17+,23+/m0/s1. The molecular formula is C23H40N2O4S. The molecule has 7 heteroatoms. The number of hydrogen-bond donors (Lipinski definition) is 1. The van der Waals surface area contributed by atoms with Crippen LogP contribution < -0.4 is 4.72 Å². The fourth-order valence-electron chi connectivity index (χ4n) is 5.83. The lowest BCUT2D eigenvalue weighted by atomic mass is 9.70. The number of carbonyl (C=O) groups excluding carboxylic acids is 1. The van der Waals surface area contributed by atoms with E-state index in [2.05, 4.69) is 18.6 Å². The first-order valence-electron chi connectivity index (χ1n) is 11.6. The zero-order valence-corrected chi connectivity index (χ0v) is 20.4. The first kappa shape index (κ1) is 23.7. The lowest BCUT2D eigenvalue weighted by molar-refractivity contribution is -0.155. The molecule has 3 saturated carbocycles. The van der Waals surface area contributed by atoms with Crippen LogP contribution in [0.1, 0.15) is 92.9 Å². The van der Waals surface area contributed by atoms with Crippen molar-refractivity contribution >= 4 is 21.7 Å². The van der Waals surface area contributed by atoms with Gasteiger partial charge in [0, 0.05) is 17.2 Å². The molecule has 0 heterocycles. The number of aliphatic imine (C=N–C) groups is 1. The predicted octanol–water partition coefficient (Wildman–Crippen LogP) is 4.24. The Labute approximate surface area is 182 Å². The molecule has 0 aromatic carbocycles.